The Morgan fingerprint density at radius 1 is 1.06 bits per heavy atom. The largest absolute Gasteiger partial charge is 0.468 e. The lowest BCUT2D eigenvalue weighted by Crippen LogP contribution is -2.68. The monoisotopic (exact) mass is 434 g/mol. The Morgan fingerprint density at radius 3 is 2.66 bits per heavy atom. The first-order valence-electron chi connectivity index (χ1n) is 11.8. The average molecular weight is 435 g/mol. The molecule has 3 aliphatic carbocycles. The lowest BCUT2D eigenvalue weighted by atomic mass is 9.58. The number of benzene rings is 1. The summed E-state index contributed by atoms with van der Waals surface area (Å²) >= 11 is 0. The average Bonchev–Trinajstić information content (AvgIpc) is 3.32. The van der Waals surface area contributed by atoms with Crippen molar-refractivity contribution in [2.75, 3.05) is 31.5 Å². The molecule has 4 fully saturated rings. The highest BCUT2D eigenvalue weighted by Gasteiger charge is 2.55. The van der Waals surface area contributed by atoms with Crippen LogP contribution in [0.1, 0.15) is 41.8 Å². The standard InChI is InChI=1S/C25H30N4O3/c30-23-20-5-1-2-6-22(20)26-25(27-23)15-17-7-8-18(25)14-21(17)24(31)29-11-9-28(10-12-29)16-19-4-3-13-32-19/h1-6,13,17-18,21,26H,7-12,14-16H2,(H,27,30)/t17-,18-,21+,25-/m1/s1. The van der Waals surface area contributed by atoms with Gasteiger partial charge in [0.05, 0.1) is 18.4 Å². The molecule has 168 valence electrons. The van der Waals surface area contributed by atoms with E-state index in [1.54, 1.807) is 6.26 Å². The van der Waals surface area contributed by atoms with Gasteiger partial charge in [0, 0.05) is 43.7 Å². The van der Waals surface area contributed by atoms with Crippen LogP contribution in [0.5, 0.6) is 0 Å². The number of hydrogen-bond acceptors (Lipinski definition) is 5. The minimum Gasteiger partial charge on any atom is -0.468 e. The number of para-hydroxylation sites is 1. The highest BCUT2D eigenvalue weighted by Crippen LogP contribution is 2.52. The van der Waals surface area contributed by atoms with Crippen molar-refractivity contribution in [2.45, 2.75) is 37.9 Å². The van der Waals surface area contributed by atoms with Crippen LogP contribution < -0.4 is 10.6 Å². The highest BCUT2D eigenvalue weighted by atomic mass is 16.3. The zero-order chi connectivity index (χ0) is 21.7. The molecule has 2 bridgehead atoms. The molecule has 0 radical (unpaired) electrons. The van der Waals surface area contributed by atoms with Gasteiger partial charge < -0.3 is 20.0 Å². The molecule has 2 aliphatic heterocycles. The van der Waals surface area contributed by atoms with Gasteiger partial charge in [-0.05, 0) is 55.9 Å². The van der Waals surface area contributed by atoms with Gasteiger partial charge in [-0.1, -0.05) is 12.1 Å². The molecule has 1 aromatic carbocycles. The summed E-state index contributed by atoms with van der Waals surface area (Å²) in [6, 6.07) is 11.6. The Morgan fingerprint density at radius 2 is 1.91 bits per heavy atom. The van der Waals surface area contributed by atoms with Crippen molar-refractivity contribution in [1.82, 2.24) is 15.1 Å². The fourth-order valence-corrected chi connectivity index (χ4v) is 6.43. The van der Waals surface area contributed by atoms with Crippen LogP contribution in [0.15, 0.2) is 47.1 Å². The van der Waals surface area contributed by atoms with E-state index in [0.29, 0.717) is 17.4 Å². The van der Waals surface area contributed by atoms with Gasteiger partial charge in [-0.2, -0.15) is 0 Å². The third-order valence-corrected chi connectivity index (χ3v) is 8.10. The van der Waals surface area contributed by atoms with Crippen LogP contribution in [0.25, 0.3) is 0 Å². The van der Waals surface area contributed by atoms with Crippen molar-refractivity contribution < 1.29 is 14.0 Å². The van der Waals surface area contributed by atoms with Gasteiger partial charge in [0.15, 0.2) is 0 Å². The van der Waals surface area contributed by atoms with E-state index in [1.807, 2.05) is 36.4 Å². The van der Waals surface area contributed by atoms with Gasteiger partial charge >= 0.3 is 0 Å². The molecule has 2 N–H and O–H groups in total. The number of fused-ring (bicyclic) bond motifs is 3. The lowest BCUT2D eigenvalue weighted by molar-refractivity contribution is -0.145. The molecule has 1 saturated heterocycles. The van der Waals surface area contributed by atoms with E-state index in [-0.39, 0.29) is 17.7 Å². The summed E-state index contributed by atoms with van der Waals surface area (Å²) in [4.78, 5) is 30.7. The summed E-state index contributed by atoms with van der Waals surface area (Å²) in [5.74, 6) is 1.96. The van der Waals surface area contributed by atoms with E-state index in [9.17, 15) is 9.59 Å². The summed E-state index contributed by atoms with van der Waals surface area (Å²) in [6.07, 6.45) is 5.52. The van der Waals surface area contributed by atoms with Crippen LogP contribution in [0.2, 0.25) is 0 Å². The first kappa shape index (κ1) is 19.9. The van der Waals surface area contributed by atoms with E-state index < -0.39 is 5.66 Å². The Balaban J connectivity index is 1.11. The number of amides is 2. The topological polar surface area (TPSA) is 77.8 Å². The molecule has 2 aromatic rings. The van der Waals surface area contributed by atoms with Gasteiger partial charge in [0.25, 0.3) is 5.91 Å². The molecule has 0 unspecified atom stereocenters. The molecule has 3 heterocycles. The summed E-state index contributed by atoms with van der Waals surface area (Å²) in [5, 5.41) is 6.96. The fraction of sp³-hybridized carbons (Fsp3) is 0.520. The zero-order valence-electron chi connectivity index (χ0n) is 18.3. The third-order valence-electron chi connectivity index (χ3n) is 8.10. The number of piperazine rings is 1. The number of nitrogens with one attached hydrogen (secondary N) is 2. The smallest absolute Gasteiger partial charge is 0.255 e. The minimum atomic E-state index is -0.410. The predicted molar refractivity (Wildman–Crippen MR) is 120 cm³/mol. The molecular formula is C25H30N4O3. The van der Waals surface area contributed by atoms with Gasteiger partial charge in [0.1, 0.15) is 11.4 Å². The Labute approximate surface area is 188 Å². The maximum absolute atomic E-state index is 13.5. The van der Waals surface area contributed by atoms with Crippen LogP contribution in [0.4, 0.5) is 5.69 Å². The number of nitrogens with zero attached hydrogens (tertiary/aromatic N) is 2. The number of rotatable bonds is 3. The van der Waals surface area contributed by atoms with E-state index in [4.69, 9.17) is 4.42 Å². The quantitative estimate of drug-likeness (QED) is 0.777. The normalized spacial score (nSPS) is 31.8. The SMILES string of the molecule is O=C1N[C@@]2(C[C@H]3CC[C@@H]2C[C@@H]3C(=O)N2CCN(Cc3ccco3)CC2)Nc2ccccc21. The molecular weight excluding hydrogens is 404 g/mol. The number of hydrogen-bond donors (Lipinski definition) is 2. The van der Waals surface area contributed by atoms with Crippen LogP contribution in [0, 0.1) is 17.8 Å². The van der Waals surface area contributed by atoms with Crippen molar-refractivity contribution in [2.24, 2.45) is 17.8 Å². The molecule has 7 heteroatoms. The van der Waals surface area contributed by atoms with Crippen molar-refractivity contribution in [3.63, 3.8) is 0 Å². The van der Waals surface area contributed by atoms with Gasteiger partial charge in [-0.25, -0.2) is 0 Å². The molecule has 7 rings (SSSR count). The zero-order valence-corrected chi connectivity index (χ0v) is 18.3. The summed E-state index contributed by atoms with van der Waals surface area (Å²) < 4.78 is 5.47. The maximum Gasteiger partial charge on any atom is 0.255 e. The van der Waals surface area contributed by atoms with Crippen LogP contribution >= 0.6 is 0 Å². The fourth-order valence-electron chi connectivity index (χ4n) is 6.43. The second kappa shape index (κ2) is 7.66. The number of furan rings is 1. The maximum atomic E-state index is 13.5. The number of carbonyl (C=O) groups excluding carboxylic acids is 2. The van der Waals surface area contributed by atoms with Crippen LogP contribution in [-0.2, 0) is 11.3 Å². The van der Waals surface area contributed by atoms with Crippen molar-refractivity contribution in [3.8, 4) is 0 Å². The van der Waals surface area contributed by atoms with Gasteiger partial charge in [-0.3, -0.25) is 14.5 Å². The predicted octanol–water partition coefficient (Wildman–Crippen LogP) is 2.91. The summed E-state index contributed by atoms with van der Waals surface area (Å²) in [6.45, 7) is 4.12. The Kier molecular flexibility index (Phi) is 4.75. The molecule has 32 heavy (non-hydrogen) atoms. The van der Waals surface area contributed by atoms with Crippen molar-refractivity contribution in [1.29, 1.82) is 0 Å². The summed E-state index contributed by atoms with van der Waals surface area (Å²) in [5.41, 5.74) is 1.21. The third kappa shape index (κ3) is 3.30. The first-order chi connectivity index (χ1) is 15.6. The molecule has 1 spiro atoms. The number of carbonyl (C=O) groups is 2. The molecule has 4 atom stereocenters. The Bertz CT molecular complexity index is 1010. The summed E-state index contributed by atoms with van der Waals surface area (Å²) in [7, 11) is 0. The number of anilines is 1. The minimum absolute atomic E-state index is 0.00227. The molecule has 3 saturated carbocycles. The van der Waals surface area contributed by atoms with Crippen LogP contribution in [0.3, 0.4) is 0 Å². The Hall–Kier alpha value is -2.80. The second-order valence-electron chi connectivity index (χ2n) is 9.86. The molecule has 5 aliphatic rings. The highest BCUT2D eigenvalue weighted by molar-refractivity contribution is 6.02. The van der Waals surface area contributed by atoms with E-state index in [0.717, 1.165) is 69.9 Å². The first-order valence-corrected chi connectivity index (χ1v) is 11.8. The van der Waals surface area contributed by atoms with Crippen LogP contribution in [-0.4, -0.2) is 53.5 Å². The van der Waals surface area contributed by atoms with Crippen molar-refractivity contribution >= 4 is 17.5 Å². The molecule has 1 aromatic heterocycles. The van der Waals surface area contributed by atoms with Gasteiger partial charge in [-0.15, -0.1) is 0 Å². The van der Waals surface area contributed by atoms with E-state index in [1.165, 1.54) is 0 Å². The lowest BCUT2D eigenvalue weighted by Gasteiger charge is -2.57. The van der Waals surface area contributed by atoms with Crippen molar-refractivity contribution in [3.05, 3.63) is 54.0 Å². The van der Waals surface area contributed by atoms with E-state index >= 15 is 0 Å². The van der Waals surface area contributed by atoms with Gasteiger partial charge in [0.2, 0.25) is 5.91 Å². The molecule has 7 nitrogen and oxygen atoms in total. The second-order valence-corrected chi connectivity index (χ2v) is 9.86. The molecule has 2 amide bonds. The van der Waals surface area contributed by atoms with E-state index in [2.05, 4.69) is 20.4 Å².